The molecule has 0 saturated carbocycles. The zero-order valence-electron chi connectivity index (χ0n) is 13.6. The van der Waals surface area contributed by atoms with Crippen molar-refractivity contribution in [2.45, 2.75) is 13.8 Å². The van der Waals surface area contributed by atoms with Crippen LogP contribution in [0, 0.1) is 13.8 Å². The fraction of sp³-hybridized carbons (Fsp3) is 0.211. The molecule has 0 bridgehead atoms. The molecule has 120 valence electrons. The fourth-order valence-corrected chi connectivity index (χ4v) is 2.23. The molecule has 2 aromatic rings. The third kappa shape index (κ3) is 4.88. The summed E-state index contributed by atoms with van der Waals surface area (Å²) in [5, 5.41) is 6.01. The van der Waals surface area contributed by atoms with Gasteiger partial charge in [0.15, 0.2) is 0 Å². The Balaban J connectivity index is 1.96. The van der Waals surface area contributed by atoms with Crippen LogP contribution < -0.4 is 15.4 Å². The quantitative estimate of drug-likeness (QED) is 0.762. The normalized spacial score (nSPS) is 10.0. The molecule has 0 radical (unpaired) electrons. The van der Waals surface area contributed by atoms with Gasteiger partial charge in [-0.1, -0.05) is 42.5 Å². The predicted molar refractivity (Wildman–Crippen MR) is 95.2 cm³/mol. The van der Waals surface area contributed by atoms with Crippen molar-refractivity contribution in [1.82, 2.24) is 0 Å². The molecule has 0 unspecified atom stereocenters. The van der Waals surface area contributed by atoms with Crippen molar-refractivity contribution in [3.8, 4) is 5.75 Å². The summed E-state index contributed by atoms with van der Waals surface area (Å²) in [6, 6.07) is 13.4. The number of ether oxygens (including phenoxy) is 1. The molecule has 1 amide bonds. The van der Waals surface area contributed by atoms with Gasteiger partial charge in [0, 0.05) is 5.69 Å². The molecule has 0 fully saturated rings. The lowest BCUT2D eigenvalue weighted by Crippen LogP contribution is -2.22. The summed E-state index contributed by atoms with van der Waals surface area (Å²) in [5.41, 5.74) is 3.93. The Morgan fingerprint density at radius 2 is 1.96 bits per heavy atom. The summed E-state index contributed by atoms with van der Waals surface area (Å²) in [6.45, 7) is 8.28. The van der Waals surface area contributed by atoms with Gasteiger partial charge < -0.3 is 15.4 Å². The van der Waals surface area contributed by atoms with Crippen molar-refractivity contribution in [3.05, 3.63) is 66.2 Å². The molecule has 0 heterocycles. The summed E-state index contributed by atoms with van der Waals surface area (Å²) < 4.78 is 5.53. The zero-order valence-corrected chi connectivity index (χ0v) is 13.6. The first-order chi connectivity index (χ1) is 11.1. The van der Waals surface area contributed by atoms with Crippen molar-refractivity contribution in [2.75, 3.05) is 23.8 Å². The highest BCUT2D eigenvalue weighted by Gasteiger charge is 2.08. The number of amides is 1. The number of carbonyl (C=O) groups excluding carboxylic acids is 1. The van der Waals surface area contributed by atoms with Gasteiger partial charge in [-0.25, -0.2) is 0 Å². The molecule has 0 aromatic heterocycles. The summed E-state index contributed by atoms with van der Waals surface area (Å²) in [5.74, 6) is 0.506. The van der Waals surface area contributed by atoms with Crippen molar-refractivity contribution in [1.29, 1.82) is 0 Å². The fourth-order valence-electron chi connectivity index (χ4n) is 2.23. The molecule has 4 heteroatoms. The van der Waals surface area contributed by atoms with Crippen LogP contribution in [0.15, 0.2) is 55.1 Å². The van der Waals surface area contributed by atoms with E-state index in [0.29, 0.717) is 18.0 Å². The van der Waals surface area contributed by atoms with Crippen LogP contribution in [0.3, 0.4) is 0 Å². The number of para-hydroxylation sites is 2. The van der Waals surface area contributed by atoms with E-state index >= 15 is 0 Å². The van der Waals surface area contributed by atoms with Gasteiger partial charge in [0.05, 0.1) is 12.2 Å². The van der Waals surface area contributed by atoms with Gasteiger partial charge in [-0.3, -0.25) is 4.79 Å². The van der Waals surface area contributed by atoms with E-state index in [4.69, 9.17) is 4.74 Å². The van der Waals surface area contributed by atoms with Crippen LogP contribution in [0.1, 0.15) is 11.1 Å². The second-order valence-corrected chi connectivity index (χ2v) is 5.32. The van der Waals surface area contributed by atoms with Gasteiger partial charge in [-0.15, -0.1) is 0 Å². The van der Waals surface area contributed by atoms with Gasteiger partial charge >= 0.3 is 0 Å². The number of anilines is 2. The Labute approximate surface area is 137 Å². The maximum Gasteiger partial charge on any atom is 0.243 e. The SMILES string of the molecule is C=CCOc1ccccc1NC(=O)CNc1ccc(C)cc1C. The van der Waals surface area contributed by atoms with Gasteiger partial charge in [-0.05, 0) is 37.6 Å². The lowest BCUT2D eigenvalue weighted by Gasteiger charge is -2.13. The van der Waals surface area contributed by atoms with E-state index in [1.807, 2.05) is 50.2 Å². The maximum atomic E-state index is 12.1. The first-order valence-corrected chi connectivity index (χ1v) is 7.54. The Morgan fingerprint density at radius 3 is 2.70 bits per heavy atom. The largest absolute Gasteiger partial charge is 0.487 e. The van der Waals surface area contributed by atoms with E-state index in [-0.39, 0.29) is 12.5 Å². The minimum absolute atomic E-state index is 0.125. The number of hydrogen-bond acceptors (Lipinski definition) is 3. The lowest BCUT2D eigenvalue weighted by atomic mass is 10.1. The summed E-state index contributed by atoms with van der Waals surface area (Å²) in [7, 11) is 0. The van der Waals surface area contributed by atoms with Crippen LogP contribution in [-0.2, 0) is 4.79 Å². The molecule has 2 aromatic carbocycles. The third-order valence-electron chi connectivity index (χ3n) is 3.34. The number of rotatable bonds is 7. The first-order valence-electron chi connectivity index (χ1n) is 7.54. The van der Waals surface area contributed by atoms with E-state index < -0.39 is 0 Å². The van der Waals surface area contributed by atoms with E-state index in [2.05, 4.69) is 23.3 Å². The van der Waals surface area contributed by atoms with Crippen LogP contribution in [0.2, 0.25) is 0 Å². The molecule has 4 nitrogen and oxygen atoms in total. The van der Waals surface area contributed by atoms with Gasteiger partial charge in [-0.2, -0.15) is 0 Å². The highest BCUT2D eigenvalue weighted by atomic mass is 16.5. The minimum atomic E-state index is -0.125. The monoisotopic (exact) mass is 310 g/mol. The number of nitrogens with one attached hydrogen (secondary N) is 2. The van der Waals surface area contributed by atoms with Crippen molar-refractivity contribution < 1.29 is 9.53 Å². The van der Waals surface area contributed by atoms with E-state index in [0.717, 1.165) is 11.3 Å². The van der Waals surface area contributed by atoms with Crippen LogP contribution in [-0.4, -0.2) is 19.1 Å². The Kier molecular flexibility index (Phi) is 5.80. The van der Waals surface area contributed by atoms with Gasteiger partial charge in [0.1, 0.15) is 12.4 Å². The zero-order chi connectivity index (χ0) is 16.7. The first kappa shape index (κ1) is 16.6. The molecule has 0 atom stereocenters. The maximum absolute atomic E-state index is 12.1. The molecule has 2 rings (SSSR count). The summed E-state index contributed by atoms with van der Waals surface area (Å²) in [4.78, 5) is 12.1. The second-order valence-electron chi connectivity index (χ2n) is 5.32. The molecule has 2 N–H and O–H groups in total. The van der Waals surface area contributed by atoms with E-state index in [1.54, 1.807) is 6.08 Å². The Bertz CT molecular complexity index is 696. The van der Waals surface area contributed by atoms with Crippen molar-refractivity contribution in [3.63, 3.8) is 0 Å². The Morgan fingerprint density at radius 1 is 1.17 bits per heavy atom. The van der Waals surface area contributed by atoms with Crippen LogP contribution in [0.4, 0.5) is 11.4 Å². The highest BCUT2D eigenvalue weighted by Crippen LogP contribution is 2.23. The topological polar surface area (TPSA) is 50.4 Å². The van der Waals surface area contributed by atoms with Gasteiger partial charge in [0.25, 0.3) is 0 Å². The standard InChI is InChI=1S/C19H22N2O2/c1-4-11-23-18-8-6-5-7-17(18)21-19(22)13-20-16-10-9-14(2)12-15(16)3/h4-10,12,20H,1,11,13H2,2-3H3,(H,21,22). The van der Waals surface area contributed by atoms with Crippen molar-refractivity contribution in [2.24, 2.45) is 0 Å². The molecule has 0 spiro atoms. The number of carbonyl (C=O) groups is 1. The summed E-state index contributed by atoms with van der Waals surface area (Å²) in [6.07, 6.45) is 1.67. The Hall–Kier alpha value is -2.75. The van der Waals surface area contributed by atoms with E-state index in [1.165, 1.54) is 5.56 Å². The second kappa shape index (κ2) is 8.03. The average Bonchev–Trinajstić information content (AvgIpc) is 2.53. The number of aryl methyl sites for hydroxylation is 2. The smallest absolute Gasteiger partial charge is 0.243 e. The third-order valence-corrected chi connectivity index (χ3v) is 3.34. The minimum Gasteiger partial charge on any atom is -0.487 e. The molecule has 0 saturated heterocycles. The molecular weight excluding hydrogens is 288 g/mol. The molecule has 23 heavy (non-hydrogen) atoms. The number of benzene rings is 2. The molecule has 0 aliphatic rings. The van der Waals surface area contributed by atoms with E-state index in [9.17, 15) is 4.79 Å². The van der Waals surface area contributed by atoms with Crippen molar-refractivity contribution >= 4 is 17.3 Å². The van der Waals surface area contributed by atoms with Crippen LogP contribution >= 0.6 is 0 Å². The summed E-state index contributed by atoms with van der Waals surface area (Å²) >= 11 is 0. The average molecular weight is 310 g/mol. The number of hydrogen-bond donors (Lipinski definition) is 2. The molecule has 0 aliphatic carbocycles. The molecule has 0 aliphatic heterocycles. The highest BCUT2D eigenvalue weighted by molar-refractivity contribution is 5.95. The molecular formula is C19H22N2O2. The predicted octanol–water partition coefficient (Wildman–Crippen LogP) is 3.92. The lowest BCUT2D eigenvalue weighted by molar-refractivity contribution is -0.114. The van der Waals surface area contributed by atoms with Crippen LogP contribution in [0.25, 0.3) is 0 Å². The van der Waals surface area contributed by atoms with Gasteiger partial charge in [0.2, 0.25) is 5.91 Å². The van der Waals surface area contributed by atoms with Crippen LogP contribution in [0.5, 0.6) is 5.75 Å².